The van der Waals surface area contributed by atoms with Crippen LogP contribution >= 0.6 is 11.3 Å². The van der Waals surface area contributed by atoms with Crippen LogP contribution in [0.3, 0.4) is 0 Å². The highest BCUT2D eigenvalue weighted by Crippen LogP contribution is 2.32. The zero-order valence-electron chi connectivity index (χ0n) is 12.0. The summed E-state index contributed by atoms with van der Waals surface area (Å²) >= 11 is 1.54. The molecule has 0 aliphatic carbocycles. The Morgan fingerprint density at radius 1 is 1.24 bits per heavy atom. The summed E-state index contributed by atoms with van der Waals surface area (Å²) in [5, 5.41) is 1.92. The average Bonchev–Trinajstić information content (AvgIpc) is 2.91. The Kier molecular flexibility index (Phi) is 4.34. The van der Waals surface area contributed by atoms with Gasteiger partial charge < -0.3 is 4.74 Å². The van der Waals surface area contributed by atoms with E-state index in [0.717, 1.165) is 34.0 Å². The molecule has 0 bridgehead atoms. The van der Waals surface area contributed by atoms with Crippen molar-refractivity contribution in [3.05, 3.63) is 46.8 Å². The predicted molar refractivity (Wildman–Crippen MR) is 84.4 cm³/mol. The van der Waals surface area contributed by atoms with Crippen LogP contribution in [-0.2, 0) is 4.74 Å². The molecule has 2 heterocycles. The fraction of sp³-hybridized carbons (Fsp3) is 0.312. The molecule has 0 spiro atoms. The number of thiophene rings is 1. The lowest BCUT2D eigenvalue weighted by Gasteiger charge is -2.26. The van der Waals surface area contributed by atoms with Gasteiger partial charge in [0.25, 0.3) is 5.91 Å². The Labute approximate surface area is 128 Å². The summed E-state index contributed by atoms with van der Waals surface area (Å²) in [4.78, 5) is 14.2. The number of nitrogens with zero attached hydrogens (tertiary/aromatic N) is 1. The number of aryl methyl sites for hydroxylation is 1. The van der Waals surface area contributed by atoms with Gasteiger partial charge in [-0.1, -0.05) is 30.3 Å². The van der Waals surface area contributed by atoms with Crippen molar-refractivity contribution in [3.8, 4) is 10.4 Å². The minimum absolute atomic E-state index is 0.0350. The summed E-state index contributed by atoms with van der Waals surface area (Å²) in [5.74, 6) is -0.0350. The molecular weight excluding hydrogens is 284 g/mol. The third-order valence-corrected chi connectivity index (χ3v) is 4.73. The number of carbonyl (C=O) groups is 1. The molecule has 4 nitrogen and oxygen atoms in total. The number of benzene rings is 1. The number of hydrogen-bond acceptors (Lipinski definition) is 4. The monoisotopic (exact) mass is 302 g/mol. The van der Waals surface area contributed by atoms with Crippen molar-refractivity contribution in [1.82, 2.24) is 10.4 Å². The van der Waals surface area contributed by atoms with Crippen molar-refractivity contribution in [2.24, 2.45) is 0 Å². The largest absolute Gasteiger partial charge is 0.379 e. The van der Waals surface area contributed by atoms with Crippen LogP contribution in [0.5, 0.6) is 0 Å². The third kappa shape index (κ3) is 3.32. The first-order chi connectivity index (χ1) is 10.2. The number of amides is 1. The van der Waals surface area contributed by atoms with Crippen LogP contribution in [-0.4, -0.2) is 37.2 Å². The van der Waals surface area contributed by atoms with Crippen molar-refractivity contribution in [2.45, 2.75) is 6.92 Å². The quantitative estimate of drug-likeness (QED) is 0.948. The van der Waals surface area contributed by atoms with Crippen LogP contribution in [0, 0.1) is 6.92 Å². The molecule has 3 rings (SSSR count). The summed E-state index contributed by atoms with van der Waals surface area (Å²) in [6, 6.07) is 12.1. The highest BCUT2D eigenvalue weighted by atomic mass is 32.1. The van der Waals surface area contributed by atoms with Crippen LogP contribution in [0.25, 0.3) is 10.4 Å². The summed E-state index contributed by atoms with van der Waals surface area (Å²) in [6.07, 6.45) is 0. The van der Waals surface area contributed by atoms with Gasteiger partial charge in [-0.3, -0.25) is 10.2 Å². The summed E-state index contributed by atoms with van der Waals surface area (Å²) in [6.45, 7) is 4.85. The summed E-state index contributed by atoms with van der Waals surface area (Å²) in [7, 11) is 0. The van der Waals surface area contributed by atoms with E-state index >= 15 is 0 Å². The lowest BCUT2D eigenvalue weighted by Crippen LogP contribution is -2.48. The molecular formula is C16H18N2O2S. The lowest BCUT2D eigenvalue weighted by molar-refractivity contribution is 0.0127. The molecule has 1 saturated heterocycles. The van der Waals surface area contributed by atoms with Gasteiger partial charge in [-0.2, -0.15) is 0 Å². The van der Waals surface area contributed by atoms with Crippen LogP contribution in [0.15, 0.2) is 36.4 Å². The number of hydrogen-bond donors (Lipinski definition) is 1. The molecule has 21 heavy (non-hydrogen) atoms. The Morgan fingerprint density at radius 2 is 1.95 bits per heavy atom. The molecule has 2 aromatic rings. The molecule has 0 unspecified atom stereocenters. The zero-order valence-corrected chi connectivity index (χ0v) is 12.8. The smallest absolute Gasteiger partial charge is 0.275 e. The van der Waals surface area contributed by atoms with Crippen LogP contribution in [0.2, 0.25) is 0 Å². The van der Waals surface area contributed by atoms with Gasteiger partial charge in [0.1, 0.15) is 0 Å². The molecule has 0 radical (unpaired) electrons. The number of rotatable bonds is 3. The number of ether oxygens (including phenoxy) is 1. The maximum Gasteiger partial charge on any atom is 0.275 e. The molecule has 1 fully saturated rings. The molecule has 1 aliphatic rings. The van der Waals surface area contributed by atoms with E-state index in [1.54, 1.807) is 0 Å². The average molecular weight is 302 g/mol. The topological polar surface area (TPSA) is 41.6 Å². The number of hydrazine groups is 1. The number of carbonyl (C=O) groups excluding carboxylic acids is 1. The molecule has 1 aliphatic heterocycles. The summed E-state index contributed by atoms with van der Waals surface area (Å²) in [5.41, 5.74) is 5.25. The fourth-order valence-electron chi connectivity index (χ4n) is 2.34. The summed E-state index contributed by atoms with van der Waals surface area (Å²) < 4.78 is 5.28. The minimum atomic E-state index is -0.0350. The van der Waals surface area contributed by atoms with E-state index in [9.17, 15) is 4.79 Å². The first-order valence-corrected chi connectivity index (χ1v) is 7.85. The van der Waals surface area contributed by atoms with Crippen molar-refractivity contribution in [3.63, 3.8) is 0 Å². The third-order valence-electron chi connectivity index (χ3n) is 3.45. The Bertz CT molecular complexity index is 618. The second-order valence-electron chi connectivity index (χ2n) is 5.03. The molecule has 0 atom stereocenters. The van der Waals surface area contributed by atoms with E-state index in [1.165, 1.54) is 11.3 Å². The van der Waals surface area contributed by atoms with E-state index in [-0.39, 0.29) is 5.91 Å². The van der Waals surface area contributed by atoms with Crippen LogP contribution < -0.4 is 5.43 Å². The van der Waals surface area contributed by atoms with E-state index in [4.69, 9.17) is 4.74 Å². The van der Waals surface area contributed by atoms with Gasteiger partial charge in [0.2, 0.25) is 0 Å². The van der Waals surface area contributed by atoms with Crippen LogP contribution in [0.4, 0.5) is 0 Å². The normalized spacial score (nSPS) is 15.9. The maximum atomic E-state index is 12.3. The highest BCUT2D eigenvalue weighted by Gasteiger charge is 2.17. The molecule has 0 saturated carbocycles. The van der Waals surface area contributed by atoms with Gasteiger partial charge in [-0.05, 0) is 24.1 Å². The van der Waals surface area contributed by atoms with Crippen molar-refractivity contribution in [1.29, 1.82) is 0 Å². The van der Waals surface area contributed by atoms with Crippen LogP contribution in [0.1, 0.15) is 15.2 Å². The van der Waals surface area contributed by atoms with E-state index < -0.39 is 0 Å². The Balaban J connectivity index is 1.75. The van der Waals surface area contributed by atoms with Gasteiger partial charge in [0.05, 0.1) is 18.1 Å². The van der Waals surface area contributed by atoms with Gasteiger partial charge in [-0.25, -0.2) is 5.01 Å². The minimum Gasteiger partial charge on any atom is -0.379 e. The molecule has 1 aromatic carbocycles. The molecule has 1 N–H and O–H groups in total. The molecule has 1 amide bonds. The molecule has 5 heteroatoms. The highest BCUT2D eigenvalue weighted by molar-refractivity contribution is 7.17. The fourth-order valence-corrected chi connectivity index (χ4v) is 3.41. The van der Waals surface area contributed by atoms with E-state index in [0.29, 0.717) is 13.2 Å². The van der Waals surface area contributed by atoms with Crippen molar-refractivity contribution in [2.75, 3.05) is 26.3 Å². The van der Waals surface area contributed by atoms with Crippen molar-refractivity contribution >= 4 is 17.2 Å². The van der Waals surface area contributed by atoms with Gasteiger partial charge in [-0.15, -0.1) is 11.3 Å². The van der Waals surface area contributed by atoms with Gasteiger partial charge in [0.15, 0.2) is 0 Å². The Hall–Kier alpha value is -1.69. The van der Waals surface area contributed by atoms with E-state index in [1.807, 2.05) is 36.2 Å². The first kappa shape index (κ1) is 14.3. The second-order valence-corrected chi connectivity index (χ2v) is 6.08. The Morgan fingerprint density at radius 3 is 2.67 bits per heavy atom. The van der Waals surface area contributed by atoms with Gasteiger partial charge >= 0.3 is 0 Å². The maximum absolute atomic E-state index is 12.3. The van der Waals surface area contributed by atoms with E-state index in [2.05, 4.69) is 17.6 Å². The predicted octanol–water partition coefficient (Wildman–Crippen LogP) is 2.70. The lowest BCUT2D eigenvalue weighted by atomic mass is 10.1. The molecule has 110 valence electrons. The zero-order chi connectivity index (χ0) is 14.7. The SMILES string of the molecule is Cc1cc(C(=O)NN2CCOCC2)sc1-c1ccccc1. The second kappa shape index (κ2) is 6.39. The first-order valence-electron chi connectivity index (χ1n) is 7.03. The van der Waals surface area contributed by atoms with Gasteiger partial charge in [0, 0.05) is 18.0 Å². The molecule has 1 aromatic heterocycles. The standard InChI is InChI=1S/C16H18N2O2S/c1-12-11-14(16(19)17-18-7-9-20-10-8-18)21-15(12)13-5-3-2-4-6-13/h2-6,11H,7-10H2,1H3,(H,17,19). The number of nitrogens with one attached hydrogen (secondary N) is 1. The number of morpholine rings is 1. The van der Waals surface area contributed by atoms with Crippen molar-refractivity contribution < 1.29 is 9.53 Å².